The molecule has 0 N–H and O–H groups in total. The highest BCUT2D eigenvalue weighted by molar-refractivity contribution is 5.56. The van der Waals surface area contributed by atoms with E-state index in [1.165, 1.54) is 12.1 Å². The summed E-state index contributed by atoms with van der Waals surface area (Å²) < 4.78 is 23.0. The summed E-state index contributed by atoms with van der Waals surface area (Å²) in [4.78, 5) is 20.9. The maximum Gasteiger partial charge on any atom is 0.203 e. The predicted octanol–water partition coefficient (Wildman–Crippen LogP) is 2.55. The van der Waals surface area contributed by atoms with Gasteiger partial charge in [-0.25, -0.2) is 19.0 Å². The Balaban J connectivity index is 1.65. The fourth-order valence-electron chi connectivity index (χ4n) is 2.98. The van der Waals surface area contributed by atoms with Crippen molar-refractivity contribution in [1.82, 2.24) is 29.5 Å². The van der Waals surface area contributed by atoms with Crippen LogP contribution < -0.4 is 10.2 Å². The first-order valence-corrected chi connectivity index (χ1v) is 9.35. The van der Waals surface area contributed by atoms with Gasteiger partial charge in [0.1, 0.15) is 17.2 Å². The number of hydrogen-bond donors (Lipinski definition) is 0. The van der Waals surface area contributed by atoms with Crippen LogP contribution in [0.4, 0.5) is 4.39 Å². The van der Waals surface area contributed by atoms with E-state index in [0.717, 1.165) is 0 Å². The van der Waals surface area contributed by atoms with E-state index in [9.17, 15) is 9.18 Å². The quantitative estimate of drug-likeness (QED) is 0.489. The Kier molecular flexibility index (Phi) is 5.34. The van der Waals surface area contributed by atoms with E-state index in [0.29, 0.717) is 35.0 Å². The molecule has 3 aromatic heterocycles. The van der Waals surface area contributed by atoms with Crippen LogP contribution in [0.15, 0.2) is 60.0 Å². The van der Waals surface area contributed by atoms with Gasteiger partial charge in [-0.2, -0.15) is 10.2 Å². The zero-order chi connectivity index (χ0) is 21.1. The van der Waals surface area contributed by atoms with Crippen molar-refractivity contribution in [3.63, 3.8) is 0 Å². The van der Waals surface area contributed by atoms with Gasteiger partial charge in [0.15, 0.2) is 11.6 Å². The van der Waals surface area contributed by atoms with Crippen molar-refractivity contribution in [3.8, 4) is 22.8 Å². The summed E-state index contributed by atoms with van der Waals surface area (Å²) in [6.45, 7) is 2.39. The summed E-state index contributed by atoms with van der Waals surface area (Å²) >= 11 is 0. The molecule has 0 aliphatic carbocycles. The van der Waals surface area contributed by atoms with Crippen LogP contribution in [0.1, 0.15) is 18.2 Å². The summed E-state index contributed by atoms with van der Waals surface area (Å²) in [6, 6.07) is 5.98. The van der Waals surface area contributed by atoms with E-state index >= 15 is 0 Å². The minimum Gasteiger partial charge on any atom is -0.491 e. The van der Waals surface area contributed by atoms with E-state index in [2.05, 4.69) is 20.2 Å². The Labute approximate surface area is 171 Å². The Bertz CT molecular complexity index is 1230. The molecule has 152 valence electrons. The van der Waals surface area contributed by atoms with Gasteiger partial charge in [0.05, 0.1) is 31.4 Å². The van der Waals surface area contributed by atoms with Crippen LogP contribution in [-0.2, 0) is 13.5 Å². The maximum atomic E-state index is 14.5. The number of hydrogen-bond acceptors (Lipinski definition) is 6. The van der Waals surface area contributed by atoms with Gasteiger partial charge in [-0.1, -0.05) is 0 Å². The normalized spacial score (nSPS) is 10.9. The highest BCUT2D eigenvalue weighted by Crippen LogP contribution is 2.21. The first kappa shape index (κ1) is 19.4. The number of ether oxygens (including phenoxy) is 1. The Morgan fingerprint density at radius 1 is 1.13 bits per heavy atom. The van der Waals surface area contributed by atoms with E-state index < -0.39 is 5.82 Å². The zero-order valence-electron chi connectivity index (χ0n) is 16.5. The standard InChI is InChI=1S/C21H19FN6O2/c1-3-30-17-11-23-21(24-12-17)14-4-5-18(22)15(8-14)9-19-20(29)6-7-28(26-19)16-10-25-27(2)13-16/h4-8,10-13H,3,9H2,1-2H3. The zero-order valence-corrected chi connectivity index (χ0v) is 16.5. The van der Waals surface area contributed by atoms with Crippen molar-refractivity contribution < 1.29 is 9.13 Å². The highest BCUT2D eigenvalue weighted by Gasteiger charge is 2.12. The van der Waals surface area contributed by atoms with Crippen LogP contribution in [0.25, 0.3) is 17.1 Å². The van der Waals surface area contributed by atoms with Gasteiger partial charge >= 0.3 is 0 Å². The summed E-state index contributed by atoms with van der Waals surface area (Å²) in [7, 11) is 1.79. The molecule has 0 aliphatic heterocycles. The van der Waals surface area contributed by atoms with Crippen molar-refractivity contribution in [2.75, 3.05) is 6.61 Å². The van der Waals surface area contributed by atoms with Crippen LogP contribution in [0.3, 0.4) is 0 Å². The van der Waals surface area contributed by atoms with Gasteiger partial charge in [0, 0.05) is 31.3 Å². The average molecular weight is 406 g/mol. The van der Waals surface area contributed by atoms with E-state index in [-0.39, 0.29) is 17.5 Å². The fraction of sp³-hybridized carbons (Fsp3) is 0.190. The van der Waals surface area contributed by atoms with Crippen molar-refractivity contribution in [2.24, 2.45) is 7.05 Å². The minimum atomic E-state index is -0.428. The molecule has 0 radical (unpaired) electrons. The Morgan fingerprint density at radius 2 is 1.93 bits per heavy atom. The predicted molar refractivity (Wildman–Crippen MR) is 108 cm³/mol. The molecule has 30 heavy (non-hydrogen) atoms. The lowest BCUT2D eigenvalue weighted by atomic mass is 10.0. The van der Waals surface area contributed by atoms with Gasteiger partial charge in [0.2, 0.25) is 5.43 Å². The summed E-state index contributed by atoms with van der Waals surface area (Å²) in [5.41, 5.74) is 1.63. The first-order valence-electron chi connectivity index (χ1n) is 9.35. The fourth-order valence-corrected chi connectivity index (χ4v) is 2.98. The lowest BCUT2D eigenvalue weighted by Gasteiger charge is -2.08. The average Bonchev–Trinajstić information content (AvgIpc) is 3.18. The molecule has 0 fully saturated rings. The maximum absolute atomic E-state index is 14.5. The monoisotopic (exact) mass is 406 g/mol. The van der Waals surface area contributed by atoms with Gasteiger partial charge in [-0.15, -0.1) is 0 Å². The topological polar surface area (TPSA) is 87.7 Å². The van der Waals surface area contributed by atoms with E-state index in [1.807, 2.05) is 6.92 Å². The highest BCUT2D eigenvalue weighted by atomic mass is 19.1. The molecule has 0 unspecified atom stereocenters. The second kappa shape index (κ2) is 8.24. The van der Waals surface area contributed by atoms with Gasteiger partial charge in [-0.05, 0) is 30.7 Å². The number of aromatic nitrogens is 6. The molecule has 0 saturated heterocycles. The molecular weight excluding hydrogens is 387 g/mol. The third-order valence-electron chi connectivity index (χ3n) is 4.44. The molecule has 3 heterocycles. The largest absolute Gasteiger partial charge is 0.491 e. The number of nitrogens with zero attached hydrogens (tertiary/aromatic N) is 6. The van der Waals surface area contributed by atoms with Gasteiger partial charge < -0.3 is 4.74 Å². The molecule has 0 saturated carbocycles. The molecule has 0 aliphatic rings. The summed E-state index contributed by atoms with van der Waals surface area (Å²) in [6.07, 6.45) is 8.14. The second-order valence-corrected chi connectivity index (χ2v) is 6.60. The molecule has 8 nitrogen and oxygen atoms in total. The second-order valence-electron chi connectivity index (χ2n) is 6.60. The minimum absolute atomic E-state index is 0.0383. The van der Waals surface area contributed by atoms with Crippen molar-refractivity contribution in [2.45, 2.75) is 13.3 Å². The summed E-state index contributed by atoms with van der Waals surface area (Å²) in [5, 5.41) is 8.46. The number of benzene rings is 1. The van der Waals surface area contributed by atoms with Crippen molar-refractivity contribution in [3.05, 3.63) is 82.5 Å². The molecule has 4 rings (SSSR count). The molecule has 9 heteroatoms. The molecule has 0 atom stereocenters. The van der Waals surface area contributed by atoms with Crippen LogP contribution in [-0.4, -0.2) is 36.1 Å². The lowest BCUT2D eigenvalue weighted by molar-refractivity contribution is 0.337. The number of aryl methyl sites for hydroxylation is 1. The molecule has 0 bridgehead atoms. The molecule has 0 amide bonds. The van der Waals surface area contributed by atoms with Crippen LogP contribution >= 0.6 is 0 Å². The first-order chi connectivity index (χ1) is 14.5. The smallest absolute Gasteiger partial charge is 0.203 e. The number of halogens is 1. The van der Waals surface area contributed by atoms with Crippen LogP contribution in [0, 0.1) is 5.82 Å². The molecule has 1 aromatic carbocycles. The lowest BCUT2D eigenvalue weighted by Crippen LogP contribution is -2.16. The van der Waals surface area contributed by atoms with Crippen LogP contribution in [0.5, 0.6) is 5.75 Å². The van der Waals surface area contributed by atoms with Crippen LogP contribution in [0.2, 0.25) is 0 Å². The Hall–Kier alpha value is -3.88. The van der Waals surface area contributed by atoms with E-state index in [1.54, 1.807) is 59.5 Å². The SMILES string of the molecule is CCOc1cnc(-c2ccc(F)c(Cc3nn(-c4cnn(C)c4)ccc3=O)c2)nc1. The van der Waals surface area contributed by atoms with Crippen molar-refractivity contribution >= 4 is 0 Å². The third-order valence-corrected chi connectivity index (χ3v) is 4.44. The molecule has 0 spiro atoms. The number of rotatable bonds is 6. The van der Waals surface area contributed by atoms with Crippen molar-refractivity contribution in [1.29, 1.82) is 0 Å². The Morgan fingerprint density at radius 3 is 2.63 bits per heavy atom. The molecule has 4 aromatic rings. The third kappa shape index (κ3) is 4.09. The summed E-state index contributed by atoms with van der Waals surface area (Å²) in [5.74, 6) is 0.573. The molecular formula is C21H19FN6O2. The van der Waals surface area contributed by atoms with Gasteiger partial charge in [0.25, 0.3) is 0 Å². The van der Waals surface area contributed by atoms with Gasteiger partial charge in [-0.3, -0.25) is 9.48 Å². The van der Waals surface area contributed by atoms with E-state index in [4.69, 9.17) is 4.74 Å².